The van der Waals surface area contributed by atoms with Gasteiger partial charge < -0.3 is 24.9 Å². The SMILES string of the molecule is CCCCCCCCCCCCCCOCC(O)CNCCOP(=O)(O)O.[NaH]. The summed E-state index contributed by atoms with van der Waals surface area (Å²) in [5.74, 6) is 0. The Morgan fingerprint density at radius 1 is 0.857 bits per heavy atom. The van der Waals surface area contributed by atoms with Crippen LogP contribution in [0.15, 0.2) is 0 Å². The van der Waals surface area contributed by atoms with Crippen LogP contribution in [0.5, 0.6) is 0 Å². The molecule has 7 nitrogen and oxygen atoms in total. The Bertz CT molecular complexity index is 359. The number of phosphoric ester groups is 1. The first-order valence-corrected chi connectivity index (χ1v) is 12.2. The summed E-state index contributed by atoms with van der Waals surface area (Å²) in [7, 11) is -4.40. The van der Waals surface area contributed by atoms with Gasteiger partial charge in [-0.1, -0.05) is 77.6 Å². The van der Waals surface area contributed by atoms with Crippen molar-refractivity contribution in [3.05, 3.63) is 0 Å². The molecule has 4 N–H and O–H groups in total. The first-order valence-electron chi connectivity index (χ1n) is 10.6. The van der Waals surface area contributed by atoms with Crippen LogP contribution in [0.1, 0.15) is 84.0 Å². The average Bonchev–Trinajstić information content (AvgIpc) is 2.60. The standard InChI is InChI=1S/C19H42NO6P.Na.H/c1-2-3-4-5-6-7-8-9-10-11-12-13-15-25-18-19(21)17-20-14-16-26-27(22,23)24;;/h19-21H,2-18H2,1H3,(H2,22,23,24);;. The van der Waals surface area contributed by atoms with Crippen molar-refractivity contribution in [3.63, 3.8) is 0 Å². The van der Waals surface area contributed by atoms with Gasteiger partial charge in [0, 0.05) is 19.7 Å². The van der Waals surface area contributed by atoms with Gasteiger partial charge in [-0.25, -0.2) is 4.57 Å². The van der Waals surface area contributed by atoms with Crippen molar-refractivity contribution in [2.45, 2.75) is 90.1 Å². The van der Waals surface area contributed by atoms with Crippen molar-refractivity contribution in [1.82, 2.24) is 5.32 Å². The molecule has 0 fully saturated rings. The van der Waals surface area contributed by atoms with E-state index in [1.807, 2.05) is 0 Å². The summed E-state index contributed by atoms with van der Waals surface area (Å²) in [6.45, 7) is 3.66. The van der Waals surface area contributed by atoms with E-state index in [2.05, 4.69) is 16.8 Å². The van der Waals surface area contributed by atoms with Gasteiger partial charge in [-0.15, -0.1) is 0 Å². The van der Waals surface area contributed by atoms with E-state index in [-0.39, 0.29) is 49.3 Å². The van der Waals surface area contributed by atoms with Crippen LogP contribution in [0.4, 0.5) is 0 Å². The molecule has 0 aliphatic carbocycles. The first kappa shape index (κ1) is 31.2. The Balaban J connectivity index is 0. The molecule has 9 heteroatoms. The van der Waals surface area contributed by atoms with E-state index in [0.29, 0.717) is 13.2 Å². The Morgan fingerprint density at radius 3 is 1.86 bits per heavy atom. The molecule has 0 aliphatic heterocycles. The van der Waals surface area contributed by atoms with Crippen LogP contribution in [0, 0.1) is 0 Å². The third-order valence-corrected chi connectivity index (χ3v) is 4.89. The zero-order chi connectivity index (χ0) is 20.2. The molecule has 0 saturated heterocycles. The molecule has 0 rings (SSSR count). The van der Waals surface area contributed by atoms with E-state index < -0.39 is 13.9 Å². The topological polar surface area (TPSA) is 108 Å². The normalized spacial score (nSPS) is 12.7. The predicted octanol–water partition coefficient (Wildman–Crippen LogP) is 3.12. The van der Waals surface area contributed by atoms with E-state index >= 15 is 0 Å². The summed E-state index contributed by atoms with van der Waals surface area (Å²) >= 11 is 0. The van der Waals surface area contributed by atoms with Gasteiger partial charge in [-0.2, -0.15) is 0 Å². The second-order valence-corrected chi connectivity index (χ2v) is 8.39. The molecule has 0 amide bonds. The maximum atomic E-state index is 10.5. The van der Waals surface area contributed by atoms with Crippen LogP contribution in [-0.4, -0.2) is 83.5 Å². The molecule has 0 aromatic heterocycles. The van der Waals surface area contributed by atoms with E-state index in [0.717, 1.165) is 6.42 Å². The summed E-state index contributed by atoms with van der Waals surface area (Å²) in [6, 6.07) is 0. The minimum atomic E-state index is -4.40. The second kappa shape index (κ2) is 22.7. The van der Waals surface area contributed by atoms with Crippen molar-refractivity contribution in [2.75, 3.05) is 32.9 Å². The molecule has 0 radical (unpaired) electrons. The van der Waals surface area contributed by atoms with Crippen LogP contribution < -0.4 is 5.32 Å². The average molecular weight is 436 g/mol. The second-order valence-electron chi connectivity index (χ2n) is 7.15. The molecule has 28 heavy (non-hydrogen) atoms. The van der Waals surface area contributed by atoms with Crippen LogP contribution in [-0.2, 0) is 13.8 Å². The third-order valence-electron chi connectivity index (χ3n) is 4.37. The summed E-state index contributed by atoms with van der Waals surface area (Å²) < 4.78 is 20.2. The molecule has 0 aromatic carbocycles. The molecule has 0 saturated carbocycles. The molecule has 0 heterocycles. The van der Waals surface area contributed by atoms with Gasteiger partial charge in [0.15, 0.2) is 0 Å². The number of aliphatic hydroxyl groups excluding tert-OH is 1. The number of hydrogen-bond acceptors (Lipinski definition) is 5. The van der Waals surface area contributed by atoms with Crippen molar-refractivity contribution in [3.8, 4) is 0 Å². The zero-order valence-corrected chi connectivity index (χ0v) is 18.0. The van der Waals surface area contributed by atoms with Gasteiger partial charge in [-0.05, 0) is 6.42 Å². The predicted molar refractivity (Wildman–Crippen MR) is 116 cm³/mol. The number of unbranched alkanes of at least 4 members (excludes halogenated alkanes) is 11. The van der Waals surface area contributed by atoms with Gasteiger partial charge in [0.1, 0.15) is 0 Å². The Kier molecular flexibility index (Phi) is 25.2. The molecule has 0 aromatic rings. The van der Waals surface area contributed by atoms with Crippen LogP contribution in [0.2, 0.25) is 0 Å². The zero-order valence-electron chi connectivity index (χ0n) is 17.1. The molecule has 0 spiro atoms. The molecule has 0 aliphatic rings. The summed E-state index contributed by atoms with van der Waals surface area (Å²) in [4.78, 5) is 17.0. The first-order chi connectivity index (χ1) is 13.0. The molecular formula is C19H43NNaO6P. The molecule has 166 valence electrons. The Hall–Kier alpha value is 0.990. The van der Waals surface area contributed by atoms with E-state index in [1.165, 1.54) is 70.6 Å². The minimum absolute atomic E-state index is 0. The van der Waals surface area contributed by atoms with Crippen LogP contribution in [0.3, 0.4) is 0 Å². The summed E-state index contributed by atoms with van der Waals surface area (Å²) in [6.07, 6.45) is 15.1. The fourth-order valence-corrected chi connectivity index (χ4v) is 3.16. The number of rotatable bonds is 21. The molecule has 1 unspecified atom stereocenters. The Morgan fingerprint density at radius 2 is 1.36 bits per heavy atom. The van der Waals surface area contributed by atoms with Crippen molar-refractivity contribution in [2.24, 2.45) is 0 Å². The number of aliphatic hydroxyl groups is 1. The van der Waals surface area contributed by atoms with Crippen molar-refractivity contribution >= 4 is 37.4 Å². The molecule has 1 atom stereocenters. The van der Waals surface area contributed by atoms with Crippen LogP contribution in [0.25, 0.3) is 0 Å². The monoisotopic (exact) mass is 435 g/mol. The van der Waals surface area contributed by atoms with E-state index in [9.17, 15) is 9.67 Å². The summed E-state index contributed by atoms with van der Waals surface area (Å²) in [5.41, 5.74) is 0. The van der Waals surface area contributed by atoms with Gasteiger partial charge in [0.25, 0.3) is 0 Å². The number of hydrogen-bond donors (Lipinski definition) is 4. The van der Waals surface area contributed by atoms with E-state index in [4.69, 9.17) is 14.5 Å². The van der Waals surface area contributed by atoms with Gasteiger partial charge >= 0.3 is 37.4 Å². The van der Waals surface area contributed by atoms with Gasteiger partial charge in [-0.3, -0.25) is 4.52 Å². The van der Waals surface area contributed by atoms with Crippen molar-refractivity contribution < 1.29 is 28.7 Å². The van der Waals surface area contributed by atoms with Crippen molar-refractivity contribution in [1.29, 1.82) is 0 Å². The third kappa shape index (κ3) is 27.0. The number of phosphoric acid groups is 1. The van der Waals surface area contributed by atoms with Gasteiger partial charge in [0.05, 0.1) is 19.3 Å². The maximum absolute atomic E-state index is 10.5. The van der Waals surface area contributed by atoms with E-state index in [1.54, 1.807) is 0 Å². The summed E-state index contributed by atoms with van der Waals surface area (Å²) in [5, 5.41) is 12.6. The number of ether oxygens (including phenoxy) is 1. The number of nitrogens with one attached hydrogen (secondary N) is 1. The Labute approximate surface area is 193 Å². The van der Waals surface area contributed by atoms with Crippen LogP contribution >= 0.6 is 7.82 Å². The molecular weight excluding hydrogens is 392 g/mol. The quantitative estimate of drug-likeness (QED) is 0.125. The fourth-order valence-electron chi connectivity index (χ4n) is 2.83. The van der Waals surface area contributed by atoms with Gasteiger partial charge in [0.2, 0.25) is 0 Å². The fraction of sp³-hybridized carbons (Fsp3) is 1.00. The molecule has 0 bridgehead atoms.